The first-order chi connectivity index (χ1) is 16.4. The van der Waals surface area contributed by atoms with E-state index in [0.29, 0.717) is 24.4 Å². The van der Waals surface area contributed by atoms with Gasteiger partial charge in [-0.05, 0) is 42.0 Å². The van der Waals surface area contributed by atoms with Crippen LogP contribution in [-0.4, -0.2) is 50.9 Å². The Labute approximate surface area is 199 Å². The van der Waals surface area contributed by atoms with Crippen molar-refractivity contribution in [3.8, 4) is 10.8 Å². The molecular weight excluding hydrogens is 461 g/mol. The Morgan fingerprint density at radius 1 is 1.21 bits per heavy atom. The van der Waals surface area contributed by atoms with Gasteiger partial charge >= 0.3 is 6.03 Å². The average molecular weight is 486 g/mol. The second-order valence-electron chi connectivity index (χ2n) is 7.88. The number of carbonyl (C=O) groups is 3. The highest BCUT2D eigenvalue weighted by atomic mass is 32.1. The number of amides is 4. The van der Waals surface area contributed by atoms with E-state index < -0.39 is 35.7 Å². The number of halogens is 1. The quantitative estimate of drug-likeness (QED) is 0.465. The SMILES string of the molecule is CCCN(Cc1nnc(-c2cccs2)o1)C(=O)CN1C(=O)NC(CC)(c2ccc(F)cc2)C1=O. The molecule has 0 bridgehead atoms. The highest BCUT2D eigenvalue weighted by molar-refractivity contribution is 7.13. The third-order valence-electron chi connectivity index (χ3n) is 5.71. The van der Waals surface area contributed by atoms with E-state index in [1.165, 1.54) is 40.5 Å². The van der Waals surface area contributed by atoms with Gasteiger partial charge in [-0.15, -0.1) is 21.5 Å². The first-order valence-corrected chi connectivity index (χ1v) is 11.8. The van der Waals surface area contributed by atoms with Crippen molar-refractivity contribution in [2.45, 2.75) is 38.8 Å². The average Bonchev–Trinajstić information content (AvgIpc) is 3.56. The topological polar surface area (TPSA) is 109 Å². The summed E-state index contributed by atoms with van der Waals surface area (Å²) >= 11 is 1.46. The number of rotatable bonds is 9. The molecule has 0 radical (unpaired) electrons. The van der Waals surface area contributed by atoms with Gasteiger partial charge in [0.25, 0.3) is 11.8 Å². The second kappa shape index (κ2) is 9.72. The third kappa shape index (κ3) is 4.43. The van der Waals surface area contributed by atoms with Crippen LogP contribution in [0, 0.1) is 5.82 Å². The molecule has 1 N–H and O–H groups in total. The van der Waals surface area contributed by atoms with Gasteiger partial charge in [0.05, 0.1) is 11.4 Å². The largest absolute Gasteiger partial charge is 0.418 e. The van der Waals surface area contributed by atoms with Crippen molar-refractivity contribution in [3.63, 3.8) is 0 Å². The smallest absolute Gasteiger partial charge is 0.325 e. The molecule has 9 nitrogen and oxygen atoms in total. The summed E-state index contributed by atoms with van der Waals surface area (Å²) in [6.07, 6.45) is 0.909. The Kier molecular flexibility index (Phi) is 6.73. The second-order valence-corrected chi connectivity index (χ2v) is 8.83. The molecule has 3 heterocycles. The van der Waals surface area contributed by atoms with Gasteiger partial charge in [0.2, 0.25) is 11.8 Å². The molecule has 1 saturated heterocycles. The van der Waals surface area contributed by atoms with Gasteiger partial charge < -0.3 is 14.6 Å². The van der Waals surface area contributed by atoms with Crippen molar-refractivity contribution in [2.75, 3.05) is 13.1 Å². The maximum absolute atomic E-state index is 13.4. The van der Waals surface area contributed by atoms with Crippen molar-refractivity contribution in [1.29, 1.82) is 0 Å². The molecule has 1 unspecified atom stereocenters. The summed E-state index contributed by atoms with van der Waals surface area (Å²) in [7, 11) is 0. The molecule has 2 aromatic heterocycles. The standard InChI is InChI=1S/C23H24FN5O4S/c1-3-11-28(13-18-26-27-20(33-18)17-6-5-12-34-17)19(30)14-29-21(31)23(4-2,25-22(29)32)15-7-9-16(24)10-8-15/h5-10,12H,3-4,11,13-14H2,1-2H3,(H,25,32). The van der Waals surface area contributed by atoms with Crippen LogP contribution in [0.4, 0.5) is 9.18 Å². The first kappa shape index (κ1) is 23.6. The Balaban J connectivity index is 1.50. The number of nitrogens with one attached hydrogen (secondary N) is 1. The predicted molar refractivity (Wildman–Crippen MR) is 122 cm³/mol. The van der Waals surface area contributed by atoms with E-state index in [-0.39, 0.29) is 18.9 Å². The van der Waals surface area contributed by atoms with E-state index in [0.717, 1.165) is 9.78 Å². The van der Waals surface area contributed by atoms with E-state index in [1.54, 1.807) is 6.92 Å². The summed E-state index contributed by atoms with van der Waals surface area (Å²) in [5, 5.41) is 12.7. The number of hydrogen-bond donors (Lipinski definition) is 1. The molecule has 0 saturated carbocycles. The molecule has 3 aromatic rings. The molecule has 34 heavy (non-hydrogen) atoms. The zero-order valence-electron chi connectivity index (χ0n) is 18.8. The highest BCUT2D eigenvalue weighted by Gasteiger charge is 2.51. The van der Waals surface area contributed by atoms with Crippen LogP contribution in [0.2, 0.25) is 0 Å². The van der Waals surface area contributed by atoms with Crippen molar-refractivity contribution >= 4 is 29.2 Å². The van der Waals surface area contributed by atoms with Crippen molar-refractivity contribution in [3.05, 3.63) is 59.0 Å². The first-order valence-electron chi connectivity index (χ1n) is 10.9. The van der Waals surface area contributed by atoms with Crippen LogP contribution in [-0.2, 0) is 21.7 Å². The zero-order chi connectivity index (χ0) is 24.3. The number of thiophene rings is 1. The number of carbonyl (C=O) groups excluding carboxylic acids is 3. The molecule has 178 valence electrons. The Morgan fingerprint density at radius 2 is 1.97 bits per heavy atom. The van der Waals surface area contributed by atoms with Crippen molar-refractivity contribution in [2.24, 2.45) is 0 Å². The molecule has 1 aromatic carbocycles. The summed E-state index contributed by atoms with van der Waals surface area (Å²) < 4.78 is 19.1. The Hall–Kier alpha value is -3.60. The third-order valence-corrected chi connectivity index (χ3v) is 6.57. The minimum Gasteiger partial charge on any atom is -0.418 e. The predicted octanol–water partition coefficient (Wildman–Crippen LogP) is 3.53. The lowest BCUT2D eigenvalue weighted by atomic mass is 9.87. The van der Waals surface area contributed by atoms with Crippen LogP contribution in [0.25, 0.3) is 10.8 Å². The highest BCUT2D eigenvalue weighted by Crippen LogP contribution is 2.32. The maximum atomic E-state index is 13.4. The van der Waals surface area contributed by atoms with Gasteiger partial charge in [-0.3, -0.25) is 14.5 Å². The lowest BCUT2D eigenvalue weighted by molar-refractivity contribution is -0.139. The van der Waals surface area contributed by atoms with Crippen molar-refractivity contribution in [1.82, 2.24) is 25.3 Å². The van der Waals surface area contributed by atoms with Gasteiger partial charge in [0, 0.05) is 6.54 Å². The van der Waals surface area contributed by atoms with E-state index in [1.807, 2.05) is 24.4 Å². The number of hydrogen-bond acceptors (Lipinski definition) is 7. The lowest BCUT2D eigenvalue weighted by Gasteiger charge is -2.26. The molecule has 4 amide bonds. The van der Waals surface area contributed by atoms with Crippen LogP contribution >= 0.6 is 11.3 Å². The molecule has 1 aliphatic heterocycles. The van der Waals surface area contributed by atoms with Gasteiger partial charge in [-0.25, -0.2) is 9.18 Å². The van der Waals surface area contributed by atoms with Crippen LogP contribution in [0.5, 0.6) is 0 Å². The molecule has 1 fully saturated rings. The van der Waals surface area contributed by atoms with E-state index >= 15 is 0 Å². The molecule has 1 aliphatic rings. The minimum absolute atomic E-state index is 0.0611. The van der Waals surface area contributed by atoms with Gasteiger partial charge in [0.1, 0.15) is 17.9 Å². The summed E-state index contributed by atoms with van der Waals surface area (Å²) in [4.78, 5) is 42.3. The number of nitrogens with zero attached hydrogens (tertiary/aromatic N) is 4. The fourth-order valence-corrected chi connectivity index (χ4v) is 4.57. The Morgan fingerprint density at radius 3 is 2.62 bits per heavy atom. The molecule has 0 spiro atoms. The van der Waals surface area contributed by atoms with E-state index in [4.69, 9.17) is 4.42 Å². The monoisotopic (exact) mass is 485 g/mol. The molecule has 11 heteroatoms. The number of imide groups is 1. The molecule has 1 atom stereocenters. The lowest BCUT2D eigenvalue weighted by Crippen LogP contribution is -2.45. The number of benzene rings is 1. The molecule has 0 aliphatic carbocycles. The summed E-state index contributed by atoms with van der Waals surface area (Å²) in [5.41, 5.74) is -0.884. The zero-order valence-corrected chi connectivity index (χ0v) is 19.6. The van der Waals surface area contributed by atoms with Crippen molar-refractivity contribution < 1.29 is 23.2 Å². The summed E-state index contributed by atoms with van der Waals surface area (Å²) in [6, 6.07) is 8.46. The van der Waals surface area contributed by atoms with Gasteiger partial charge in [-0.2, -0.15) is 0 Å². The van der Waals surface area contributed by atoms with Crippen LogP contribution in [0.3, 0.4) is 0 Å². The number of urea groups is 1. The van der Waals surface area contributed by atoms with Crippen LogP contribution < -0.4 is 5.32 Å². The van der Waals surface area contributed by atoms with E-state index in [9.17, 15) is 18.8 Å². The number of aromatic nitrogens is 2. The summed E-state index contributed by atoms with van der Waals surface area (Å²) in [6.45, 7) is 3.67. The van der Waals surface area contributed by atoms with Crippen LogP contribution in [0.15, 0.2) is 46.2 Å². The fraction of sp³-hybridized carbons (Fsp3) is 0.348. The van der Waals surface area contributed by atoms with Crippen LogP contribution in [0.1, 0.15) is 38.1 Å². The minimum atomic E-state index is -1.34. The van der Waals surface area contributed by atoms with Gasteiger partial charge in [-0.1, -0.05) is 32.0 Å². The maximum Gasteiger partial charge on any atom is 0.325 e. The fourth-order valence-electron chi connectivity index (χ4n) is 3.92. The summed E-state index contributed by atoms with van der Waals surface area (Å²) in [5.74, 6) is -0.787. The Bertz CT molecular complexity index is 1180. The van der Waals surface area contributed by atoms with Gasteiger partial charge in [0.15, 0.2) is 0 Å². The normalized spacial score (nSPS) is 17.8. The van der Waals surface area contributed by atoms with E-state index in [2.05, 4.69) is 15.5 Å². The molecule has 4 rings (SSSR count). The molecular formula is C23H24FN5O4S.